The van der Waals surface area contributed by atoms with Crippen LogP contribution in [0.2, 0.25) is 0 Å². The summed E-state index contributed by atoms with van der Waals surface area (Å²) in [7, 11) is 0. The van der Waals surface area contributed by atoms with Crippen molar-refractivity contribution in [2.75, 3.05) is 6.61 Å². The van der Waals surface area contributed by atoms with E-state index in [4.69, 9.17) is 10.5 Å². The van der Waals surface area contributed by atoms with Crippen molar-refractivity contribution in [3.05, 3.63) is 29.3 Å². The molecule has 1 aliphatic heterocycles. The van der Waals surface area contributed by atoms with Crippen molar-refractivity contribution in [3.8, 4) is 17.6 Å². The summed E-state index contributed by atoms with van der Waals surface area (Å²) < 4.78 is 5.45. The van der Waals surface area contributed by atoms with E-state index < -0.39 is 0 Å². The molecule has 2 N–H and O–H groups in total. The molecule has 0 aromatic heterocycles. The molecule has 1 aromatic carbocycles. The maximum Gasteiger partial charge on any atom is 0.123 e. The molecule has 2 heteroatoms. The van der Waals surface area contributed by atoms with E-state index >= 15 is 0 Å². The van der Waals surface area contributed by atoms with E-state index in [1.807, 2.05) is 19.1 Å². The summed E-state index contributed by atoms with van der Waals surface area (Å²) in [5.74, 6) is 6.92. The molecule has 2 rings (SSSR count). The van der Waals surface area contributed by atoms with Gasteiger partial charge in [0.2, 0.25) is 0 Å². The Morgan fingerprint density at radius 1 is 1.50 bits per heavy atom. The first-order valence-electron chi connectivity index (χ1n) is 4.78. The molecule has 0 aliphatic carbocycles. The summed E-state index contributed by atoms with van der Waals surface area (Å²) in [5.41, 5.74) is 7.80. The Morgan fingerprint density at radius 3 is 3.14 bits per heavy atom. The zero-order valence-corrected chi connectivity index (χ0v) is 8.21. The Labute approximate surface area is 84.1 Å². The minimum Gasteiger partial charge on any atom is -0.493 e. The third-order valence-electron chi connectivity index (χ3n) is 2.14. The number of ether oxygens (including phenoxy) is 1. The summed E-state index contributed by atoms with van der Waals surface area (Å²) in [6, 6.07) is 6.00. The van der Waals surface area contributed by atoms with Gasteiger partial charge in [0.05, 0.1) is 12.6 Å². The van der Waals surface area contributed by atoms with E-state index in [9.17, 15) is 0 Å². The first kappa shape index (κ1) is 9.11. The fraction of sp³-hybridized carbons (Fsp3) is 0.333. The van der Waals surface area contributed by atoms with Crippen LogP contribution in [-0.4, -0.2) is 12.6 Å². The van der Waals surface area contributed by atoms with Crippen LogP contribution >= 0.6 is 0 Å². The summed E-state index contributed by atoms with van der Waals surface area (Å²) in [6.07, 6.45) is 1.01. The average Bonchev–Trinajstić information content (AvgIpc) is 2.61. The smallest absolute Gasteiger partial charge is 0.123 e. The van der Waals surface area contributed by atoms with Crippen LogP contribution in [0, 0.1) is 11.8 Å². The average molecular weight is 187 g/mol. The zero-order valence-electron chi connectivity index (χ0n) is 8.21. The molecule has 0 bridgehead atoms. The lowest BCUT2D eigenvalue weighted by molar-refractivity contribution is 0.356. The van der Waals surface area contributed by atoms with Gasteiger partial charge in [-0.05, 0) is 24.6 Å². The summed E-state index contributed by atoms with van der Waals surface area (Å²) in [6.45, 7) is 2.66. The minimum atomic E-state index is -0.0795. The van der Waals surface area contributed by atoms with Crippen LogP contribution in [0.5, 0.6) is 5.75 Å². The second-order valence-corrected chi connectivity index (χ2v) is 3.48. The maximum absolute atomic E-state index is 5.55. The van der Waals surface area contributed by atoms with Gasteiger partial charge >= 0.3 is 0 Å². The number of hydrogen-bond acceptors (Lipinski definition) is 2. The quantitative estimate of drug-likeness (QED) is 0.622. The molecule has 0 radical (unpaired) electrons. The van der Waals surface area contributed by atoms with Crippen molar-refractivity contribution in [1.82, 2.24) is 0 Å². The van der Waals surface area contributed by atoms with Crippen LogP contribution in [-0.2, 0) is 6.42 Å². The normalized spacial score (nSPS) is 15.0. The summed E-state index contributed by atoms with van der Waals surface area (Å²) in [4.78, 5) is 0. The highest BCUT2D eigenvalue weighted by atomic mass is 16.5. The highest BCUT2D eigenvalue weighted by molar-refractivity contribution is 5.46. The third-order valence-corrected chi connectivity index (χ3v) is 2.14. The molecular formula is C12H13NO. The third kappa shape index (κ3) is 1.89. The number of hydrogen-bond donors (Lipinski definition) is 1. The van der Waals surface area contributed by atoms with Crippen LogP contribution in [0.1, 0.15) is 18.1 Å². The van der Waals surface area contributed by atoms with Crippen LogP contribution < -0.4 is 10.5 Å². The Hall–Kier alpha value is -1.46. The van der Waals surface area contributed by atoms with Crippen LogP contribution in [0.3, 0.4) is 0 Å². The Bertz CT molecular complexity index is 399. The van der Waals surface area contributed by atoms with Gasteiger partial charge in [-0.3, -0.25) is 0 Å². The van der Waals surface area contributed by atoms with Crippen molar-refractivity contribution in [2.45, 2.75) is 19.4 Å². The molecular weight excluding hydrogens is 174 g/mol. The van der Waals surface area contributed by atoms with Gasteiger partial charge in [-0.1, -0.05) is 17.9 Å². The van der Waals surface area contributed by atoms with Gasteiger partial charge < -0.3 is 10.5 Å². The van der Waals surface area contributed by atoms with E-state index in [1.54, 1.807) is 0 Å². The van der Waals surface area contributed by atoms with Crippen LogP contribution in [0.25, 0.3) is 0 Å². The first-order valence-corrected chi connectivity index (χ1v) is 4.78. The molecule has 0 fully saturated rings. The molecule has 1 atom stereocenters. The Balaban J connectivity index is 2.26. The Morgan fingerprint density at radius 2 is 2.36 bits per heavy atom. The zero-order chi connectivity index (χ0) is 9.97. The molecule has 0 amide bonds. The van der Waals surface area contributed by atoms with Gasteiger partial charge in [-0.2, -0.15) is 0 Å². The van der Waals surface area contributed by atoms with Gasteiger partial charge in [0.15, 0.2) is 0 Å². The molecule has 0 spiro atoms. The van der Waals surface area contributed by atoms with Gasteiger partial charge in [-0.15, -0.1) is 0 Å². The van der Waals surface area contributed by atoms with Crippen molar-refractivity contribution in [2.24, 2.45) is 5.73 Å². The van der Waals surface area contributed by atoms with Crippen molar-refractivity contribution >= 4 is 0 Å². The lowest BCUT2D eigenvalue weighted by Gasteiger charge is -1.98. The number of benzene rings is 1. The second kappa shape index (κ2) is 3.73. The van der Waals surface area contributed by atoms with Gasteiger partial charge in [0, 0.05) is 12.0 Å². The van der Waals surface area contributed by atoms with Crippen molar-refractivity contribution in [3.63, 3.8) is 0 Å². The topological polar surface area (TPSA) is 35.2 Å². The van der Waals surface area contributed by atoms with Gasteiger partial charge in [0.25, 0.3) is 0 Å². The lowest BCUT2D eigenvalue weighted by Crippen LogP contribution is -2.10. The lowest BCUT2D eigenvalue weighted by atomic mass is 10.1. The van der Waals surface area contributed by atoms with Crippen LogP contribution in [0.4, 0.5) is 0 Å². The monoisotopic (exact) mass is 187 g/mol. The highest BCUT2D eigenvalue weighted by Crippen LogP contribution is 2.25. The van der Waals surface area contributed by atoms with E-state index in [2.05, 4.69) is 17.9 Å². The summed E-state index contributed by atoms with van der Waals surface area (Å²) in [5, 5.41) is 0. The van der Waals surface area contributed by atoms with Crippen LogP contribution in [0.15, 0.2) is 18.2 Å². The molecule has 2 nitrogen and oxygen atoms in total. The van der Waals surface area contributed by atoms with E-state index in [0.717, 1.165) is 24.3 Å². The van der Waals surface area contributed by atoms with Gasteiger partial charge in [0.1, 0.15) is 5.75 Å². The van der Waals surface area contributed by atoms with Crippen molar-refractivity contribution < 1.29 is 4.74 Å². The highest BCUT2D eigenvalue weighted by Gasteiger charge is 2.10. The van der Waals surface area contributed by atoms with E-state index in [1.165, 1.54) is 5.56 Å². The number of rotatable bonds is 0. The van der Waals surface area contributed by atoms with E-state index in [-0.39, 0.29) is 6.04 Å². The number of nitrogens with two attached hydrogens (primary N) is 1. The largest absolute Gasteiger partial charge is 0.493 e. The SMILES string of the molecule is CC(N)C#Cc1ccc2c(c1)OCC2. The fourth-order valence-corrected chi connectivity index (χ4v) is 1.44. The molecule has 72 valence electrons. The predicted molar refractivity (Wildman–Crippen MR) is 56.2 cm³/mol. The first-order chi connectivity index (χ1) is 6.75. The molecule has 1 heterocycles. The maximum atomic E-state index is 5.55. The molecule has 0 saturated heterocycles. The molecule has 14 heavy (non-hydrogen) atoms. The molecule has 1 unspecified atom stereocenters. The standard InChI is InChI=1S/C12H13NO/c1-9(13)2-3-10-4-5-11-6-7-14-12(11)8-10/h4-5,8-9H,6-7,13H2,1H3. The Kier molecular flexibility index (Phi) is 2.43. The minimum absolute atomic E-state index is 0.0795. The molecule has 1 aromatic rings. The number of fused-ring (bicyclic) bond motifs is 1. The van der Waals surface area contributed by atoms with Crippen molar-refractivity contribution in [1.29, 1.82) is 0 Å². The predicted octanol–water partition coefficient (Wildman–Crippen LogP) is 1.32. The van der Waals surface area contributed by atoms with E-state index in [0.29, 0.717) is 0 Å². The fourth-order valence-electron chi connectivity index (χ4n) is 1.44. The summed E-state index contributed by atoms with van der Waals surface area (Å²) >= 11 is 0. The molecule has 1 aliphatic rings. The molecule has 0 saturated carbocycles. The van der Waals surface area contributed by atoms with Gasteiger partial charge in [-0.25, -0.2) is 0 Å². The second-order valence-electron chi connectivity index (χ2n) is 3.48.